The van der Waals surface area contributed by atoms with Crippen molar-refractivity contribution in [3.8, 4) is 11.5 Å². The van der Waals surface area contributed by atoms with Crippen molar-refractivity contribution >= 4 is 18.3 Å². The van der Waals surface area contributed by atoms with Crippen molar-refractivity contribution in [2.75, 3.05) is 19.8 Å². The Morgan fingerprint density at radius 2 is 1.86 bits per heavy atom. The van der Waals surface area contributed by atoms with E-state index < -0.39 is 0 Å². The summed E-state index contributed by atoms with van der Waals surface area (Å²) >= 11 is 0. The molecule has 0 saturated carbocycles. The molecule has 0 radical (unpaired) electrons. The average Bonchev–Trinajstić information content (AvgIpc) is 2.51. The zero-order valence-corrected chi connectivity index (χ0v) is 13.3. The van der Waals surface area contributed by atoms with E-state index in [2.05, 4.69) is 5.32 Å². The standard InChI is InChI=1S/C15H22N2O3.ClH/c1-3-15(16,4-2)10-17-14(18)11-5-6-12-13(9-11)20-8-7-19-12;/h5-6,9H,3-4,7-8,10,16H2,1-2H3,(H,17,18);1H. The van der Waals surface area contributed by atoms with E-state index in [4.69, 9.17) is 15.2 Å². The summed E-state index contributed by atoms with van der Waals surface area (Å²) in [7, 11) is 0. The van der Waals surface area contributed by atoms with Crippen LogP contribution in [0.5, 0.6) is 11.5 Å². The number of rotatable bonds is 5. The third-order valence-electron chi connectivity index (χ3n) is 3.81. The molecular weight excluding hydrogens is 292 g/mol. The summed E-state index contributed by atoms with van der Waals surface area (Å²) in [6, 6.07) is 5.21. The molecule has 1 aromatic carbocycles. The number of amides is 1. The fourth-order valence-electron chi connectivity index (χ4n) is 2.04. The molecule has 0 aromatic heterocycles. The first-order valence-electron chi connectivity index (χ1n) is 7.04. The lowest BCUT2D eigenvalue weighted by Crippen LogP contribution is -2.49. The molecule has 0 bridgehead atoms. The van der Waals surface area contributed by atoms with Gasteiger partial charge >= 0.3 is 0 Å². The van der Waals surface area contributed by atoms with Crippen LogP contribution in [0.2, 0.25) is 0 Å². The van der Waals surface area contributed by atoms with Crippen molar-refractivity contribution in [3.63, 3.8) is 0 Å². The highest BCUT2D eigenvalue weighted by Gasteiger charge is 2.22. The molecule has 0 spiro atoms. The lowest BCUT2D eigenvalue weighted by atomic mass is 9.94. The van der Waals surface area contributed by atoms with Gasteiger partial charge in [0.25, 0.3) is 5.91 Å². The van der Waals surface area contributed by atoms with Gasteiger partial charge in [-0.25, -0.2) is 0 Å². The summed E-state index contributed by atoms with van der Waals surface area (Å²) in [4.78, 5) is 12.1. The Morgan fingerprint density at radius 3 is 2.48 bits per heavy atom. The lowest BCUT2D eigenvalue weighted by molar-refractivity contribution is 0.0941. The third-order valence-corrected chi connectivity index (χ3v) is 3.81. The van der Waals surface area contributed by atoms with Crippen LogP contribution in [0.1, 0.15) is 37.0 Å². The third kappa shape index (κ3) is 4.25. The molecule has 5 nitrogen and oxygen atoms in total. The van der Waals surface area contributed by atoms with Gasteiger partial charge < -0.3 is 20.5 Å². The first-order valence-corrected chi connectivity index (χ1v) is 7.04. The van der Waals surface area contributed by atoms with Crippen molar-refractivity contribution in [3.05, 3.63) is 23.8 Å². The summed E-state index contributed by atoms with van der Waals surface area (Å²) in [5.41, 5.74) is 6.39. The van der Waals surface area contributed by atoms with Crippen molar-refractivity contribution in [1.29, 1.82) is 0 Å². The van der Waals surface area contributed by atoms with Crippen LogP contribution in [0.4, 0.5) is 0 Å². The minimum absolute atomic E-state index is 0. The molecule has 118 valence electrons. The minimum atomic E-state index is -0.344. The lowest BCUT2D eigenvalue weighted by Gasteiger charge is -2.27. The maximum Gasteiger partial charge on any atom is 0.251 e. The molecule has 2 rings (SSSR count). The quantitative estimate of drug-likeness (QED) is 0.873. The fourth-order valence-corrected chi connectivity index (χ4v) is 2.04. The zero-order chi connectivity index (χ0) is 14.6. The van der Waals surface area contributed by atoms with Crippen LogP contribution in [0.3, 0.4) is 0 Å². The largest absolute Gasteiger partial charge is 0.486 e. The van der Waals surface area contributed by atoms with E-state index in [0.29, 0.717) is 36.8 Å². The number of fused-ring (bicyclic) bond motifs is 1. The van der Waals surface area contributed by atoms with E-state index in [1.807, 2.05) is 13.8 Å². The first kappa shape index (κ1) is 17.6. The minimum Gasteiger partial charge on any atom is -0.486 e. The van der Waals surface area contributed by atoms with Crippen LogP contribution < -0.4 is 20.5 Å². The predicted molar refractivity (Wildman–Crippen MR) is 84.5 cm³/mol. The van der Waals surface area contributed by atoms with Gasteiger partial charge in [-0.15, -0.1) is 12.4 Å². The van der Waals surface area contributed by atoms with Gasteiger partial charge in [0.1, 0.15) is 13.2 Å². The predicted octanol–water partition coefficient (Wildman–Crippen LogP) is 2.13. The van der Waals surface area contributed by atoms with E-state index >= 15 is 0 Å². The topological polar surface area (TPSA) is 73.6 Å². The highest BCUT2D eigenvalue weighted by molar-refractivity contribution is 5.95. The molecule has 21 heavy (non-hydrogen) atoms. The Balaban J connectivity index is 0.00000220. The molecule has 0 saturated heterocycles. The van der Waals surface area contributed by atoms with Gasteiger partial charge in [0, 0.05) is 17.6 Å². The SMILES string of the molecule is CCC(N)(CC)CNC(=O)c1ccc2c(c1)OCCO2.Cl. The molecule has 3 N–H and O–H groups in total. The smallest absolute Gasteiger partial charge is 0.251 e. The van der Waals surface area contributed by atoms with Crippen LogP contribution in [0.15, 0.2) is 18.2 Å². The second-order valence-corrected chi connectivity index (χ2v) is 5.11. The van der Waals surface area contributed by atoms with Crippen LogP contribution in [0, 0.1) is 0 Å². The molecule has 1 aliphatic rings. The molecule has 1 aromatic rings. The summed E-state index contributed by atoms with van der Waals surface area (Å²) in [6.07, 6.45) is 1.65. The molecule has 6 heteroatoms. The van der Waals surface area contributed by atoms with Crippen molar-refractivity contribution in [1.82, 2.24) is 5.32 Å². The molecule has 0 aliphatic carbocycles. The summed E-state index contributed by atoms with van der Waals surface area (Å²) < 4.78 is 10.9. The van der Waals surface area contributed by atoms with Crippen molar-refractivity contribution in [2.45, 2.75) is 32.2 Å². The monoisotopic (exact) mass is 314 g/mol. The zero-order valence-electron chi connectivity index (χ0n) is 12.5. The fraction of sp³-hybridized carbons (Fsp3) is 0.533. The maximum absolute atomic E-state index is 12.1. The summed E-state index contributed by atoms with van der Waals surface area (Å²) in [5.74, 6) is 1.16. The number of halogens is 1. The Labute approximate surface area is 131 Å². The number of nitrogens with one attached hydrogen (secondary N) is 1. The first-order chi connectivity index (χ1) is 9.58. The highest BCUT2D eigenvalue weighted by Crippen LogP contribution is 2.30. The maximum atomic E-state index is 12.1. The number of benzene rings is 1. The van der Waals surface area contributed by atoms with Gasteiger partial charge in [0.2, 0.25) is 0 Å². The summed E-state index contributed by atoms with van der Waals surface area (Å²) in [6.45, 7) is 5.57. The number of nitrogens with two attached hydrogens (primary N) is 1. The normalized spacial score (nSPS) is 13.3. The second kappa shape index (κ2) is 7.52. The van der Waals surface area contributed by atoms with Crippen LogP contribution in [-0.2, 0) is 0 Å². The number of hydrogen-bond acceptors (Lipinski definition) is 4. The van der Waals surface area contributed by atoms with Gasteiger partial charge in [-0.1, -0.05) is 13.8 Å². The molecule has 1 heterocycles. The van der Waals surface area contributed by atoms with Gasteiger partial charge in [0.15, 0.2) is 11.5 Å². The van der Waals surface area contributed by atoms with E-state index in [9.17, 15) is 4.79 Å². The van der Waals surface area contributed by atoms with Crippen molar-refractivity contribution < 1.29 is 14.3 Å². The number of hydrogen-bond donors (Lipinski definition) is 2. The summed E-state index contributed by atoms with van der Waals surface area (Å²) in [5, 5.41) is 2.89. The Morgan fingerprint density at radius 1 is 1.24 bits per heavy atom. The Hall–Kier alpha value is -1.46. The van der Waals surface area contributed by atoms with Gasteiger partial charge in [-0.3, -0.25) is 4.79 Å². The molecule has 0 unspecified atom stereocenters. The van der Waals surface area contributed by atoms with E-state index in [1.54, 1.807) is 18.2 Å². The van der Waals surface area contributed by atoms with Gasteiger partial charge in [0.05, 0.1) is 0 Å². The van der Waals surface area contributed by atoms with E-state index in [0.717, 1.165) is 12.8 Å². The van der Waals surface area contributed by atoms with Gasteiger partial charge in [-0.05, 0) is 31.0 Å². The van der Waals surface area contributed by atoms with E-state index in [1.165, 1.54) is 0 Å². The van der Waals surface area contributed by atoms with E-state index in [-0.39, 0.29) is 23.9 Å². The molecule has 0 atom stereocenters. The second-order valence-electron chi connectivity index (χ2n) is 5.11. The number of carbonyl (C=O) groups is 1. The Bertz CT molecular complexity index is 490. The van der Waals surface area contributed by atoms with Crippen LogP contribution >= 0.6 is 12.4 Å². The number of carbonyl (C=O) groups excluding carboxylic acids is 1. The molecule has 1 aliphatic heterocycles. The molecule has 0 fully saturated rings. The van der Waals surface area contributed by atoms with Crippen LogP contribution in [0.25, 0.3) is 0 Å². The Kier molecular flexibility index (Phi) is 6.30. The average molecular weight is 315 g/mol. The van der Waals surface area contributed by atoms with Gasteiger partial charge in [-0.2, -0.15) is 0 Å². The van der Waals surface area contributed by atoms with Crippen molar-refractivity contribution in [2.24, 2.45) is 5.73 Å². The highest BCUT2D eigenvalue weighted by atomic mass is 35.5. The number of ether oxygens (including phenoxy) is 2. The van der Waals surface area contributed by atoms with Crippen LogP contribution in [-0.4, -0.2) is 31.2 Å². The molecule has 1 amide bonds. The molecular formula is C15H23ClN2O3.